The van der Waals surface area contributed by atoms with E-state index in [-0.39, 0.29) is 23.3 Å². The molecule has 1 N–H and O–H groups in total. The Bertz CT molecular complexity index is 1010. The monoisotopic (exact) mass is 352 g/mol. The second-order valence-electron chi connectivity index (χ2n) is 6.34. The van der Waals surface area contributed by atoms with Crippen molar-refractivity contribution in [1.29, 1.82) is 0 Å². The number of rotatable bonds is 5. The van der Waals surface area contributed by atoms with Gasteiger partial charge in [0.2, 0.25) is 0 Å². The van der Waals surface area contributed by atoms with E-state index < -0.39 is 4.92 Å². The van der Waals surface area contributed by atoms with Gasteiger partial charge < -0.3 is 4.98 Å². The molecule has 2 unspecified atom stereocenters. The first kappa shape index (κ1) is 17.8. The molecule has 0 amide bonds. The predicted molar refractivity (Wildman–Crippen MR) is 100 cm³/mol. The lowest BCUT2D eigenvalue weighted by Crippen LogP contribution is -2.28. The molecule has 7 nitrogen and oxygen atoms in total. The maximum absolute atomic E-state index is 12.3. The number of aromatic amines is 1. The van der Waals surface area contributed by atoms with Gasteiger partial charge in [-0.25, -0.2) is 4.98 Å². The molecule has 0 radical (unpaired) electrons. The van der Waals surface area contributed by atoms with E-state index in [2.05, 4.69) is 9.97 Å². The summed E-state index contributed by atoms with van der Waals surface area (Å²) in [7, 11) is 1.91. The van der Waals surface area contributed by atoms with Crippen LogP contribution in [0.2, 0.25) is 0 Å². The maximum Gasteiger partial charge on any atom is 0.269 e. The molecule has 0 aliphatic carbocycles. The Labute approximate surface area is 150 Å². The number of non-ortho nitro benzene ring substituents is 1. The minimum Gasteiger partial charge on any atom is -0.309 e. The predicted octanol–water partition coefficient (Wildman–Crippen LogP) is 3.59. The van der Waals surface area contributed by atoms with Crippen molar-refractivity contribution in [1.82, 2.24) is 14.9 Å². The second-order valence-corrected chi connectivity index (χ2v) is 6.34. The molecule has 1 heterocycles. The molecule has 0 spiro atoms. The first-order chi connectivity index (χ1) is 12.4. The standard InChI is InChI=1S/C19H20N4O3/c1-12(14-7-6-8-15(11-14)23(25)26)22(3)13(2)18-20-17-10-5-4-9-16(17)19(24)21-18/h4-13H,1-3H3,(H,20,21,24). The van der Waals surface area contributed by atoms with Crippen LogP contribution in [-0.2, 0) is 0 Å². The number of hydrogen-bond acceptors (Lipinski definition) is 5. The van der Waals surface area contributed by atoms with Gasteiger partial charge in [0.05, 0.1) is 21.9 Å². The molecule has 1 aromatic heterocycles. The fourth-order valence-electron chi connectivity index (χ4n) is 2.96. The Morgan fingerprint density at radius 1 is 1.12 bits per heavy atom. The Balaban J connectivity index is 1.92. The Morgan fingerprint density at radius 2 is 1.85 bits per heavy atom. The van der Waals surface area contributed by atoms with Crippen molar-refractivity contribution in [2.45, 2.75) is 25.9 Å². The number of para-hydroxylation sites is 1. The Kier molecular flexibility index (Phi) is 4.81. The topological polar surface area (TPSA) is 92.1 Å². The van der Waals surface area contributed by atoms with E-state index in [1.54, 1.807) is 24.3 Å². The lowest BCUT2D eigenvalue weighted by Gasteiger charge is -2.30. The van der Waals surface area contributed by atoms with Crippen LogP contribution in [0.25, 0.3) is 10.9 Å². The molecular formula is C19H20N4O3. The van der Waals surface area contributed by atoms with E-state index in [4.69, 9.17) is 0 Å². The van der Waals surface area contributed by atoms with E-state index in [0.29, 0.717) is 16.7 Å². The van der Waals surface area contributed by atoms with E-state index in [0.717, 1.165) is 5.56 Å². The van der Waals surface area contributed by atoms with Gasteiger partial charge >= 0.3 is 0 Å². The maximum atomic E-state index is 12.3. The van der Waals surface area contributed by atoms with Crippen LogP contribution in [0.5, 0.6) is 0 Å². The largest absolute Gasteiger partial charge is 0.309 e. The molecule has 0 aliphatic rings. The van der Waals surface area contributed by atoms with Crippen LogP contribution >= 0.6 is 0 Å². The summed E-state index contributed by atoms with van der Waals surface area (Å²) in [4.78, 5) is 32.3. The average molecular weight is 352 g/mol. The molecule has 0 saturated carbocycles. The molecule has 26 heavy (non-hydrogen) atoms. The number of nitrogens with one attached hydrogen (secondary N) is 1. The summed E-state index contributed by atoms with van der Waals surface area (Å²) in [6.45, 7) is 3.91. The molecule has 2 atom stereocenters. The average Bonchev–Trinajstić information content (AvgIpc) is 2.66. The van der Waals surface area contributed by atoms with Crippen molar-refractivity contribution in [3.8, 4) is 0 Å². The summed E-state index contributed by atoms with van der Waals surface area (Å²) in [6, 6.07) is 13.5. The number of H-pyrrole nitrogens is 1. The minimum atomic E-state index is -0.401. The number of nitrogens with zero attached hydrogens (tertiary/aromatic N) is 3. The minimum absolute atomic E-state index is 0.0626. The number of benzene rings is 2. The van der Waals surface area contributed by atoms with Crippen LogP contribution in [0.4, 0.5) is 5.69 Å². The van der Waals surface area contributed by atoms with Gasteiger partial charge in [0.1, 0.15) is 5.82 Å². The van der Waals surface area contributed by atoms with Crippen LogP contribution in [0.3, 0.4) is 0 Å². The molecule has 0 aliphatic heterocycles. The third-order valence-corrected chi connectivity index (χ3v) is 4.81. The SMILES string of the molecule is CC(c1cccc([N+](=O)[O-])c1)N(C)C(C)c1nc2ccccc2c(=O)[nH]1. The highest BCUT2D eigenvalue weighted by molar-refractivity contribution is 5.77. The number of fused-ring (bicyclic) bond motifs is 1. The van der Waals surface area contributed by atoms with Gasteiger partial charge in [-0.15, -0.1) is 0 Å². The van der Waals surface area contributed by atoms with Gasteiger partial charge in [-0.3, -0.25) is 19.8 Å². The van der Waals surface area contributed by atoms with Crippen LogP contribution in [0.15, 0.2) is 53.3 Å². The summed E-state index contributed by atoms with van der Waals surface area (Å²) < 4.78 is 0. The van der Waals surface area contributed by atoms with E-state index in [9.17, 15) is 14.9 Å². The molecule has 134 valence electrons. The highest BCUT2D eigenvalue weighted by Gasteiger charge is 2.22. The zero-order chi connectivity index (χ0) is 18.8. The zero-order valence-electron chi connectivity index (χ0n) is 14.8. The highest BCUT2D eigenvalue weighted by atomic mass is 16.6. The molecule has 0 fully saturated rings. The van der Waals surface area contributed by atoms with Crippen LogP contribution in [-0.4, -0.2) is 26.8 Å². The number of aromatic nitrogens is 2. The van der Waals surface area contributed by atoms with E-state index >= 15 is 0 Å². The zero-order valence-corrected chi connectivity index (χ0v) is 14.8. The quantitative estimate of drug-likeness (QED) is 0.559. The number of nitro groups is 1. The van der Waals surface area contributed by atoms with Gasteiger partial charge in [0.25, 0.3) is 11.2 Å². The Morgan fingerprint density at radius 3 is 2.58 bits per heavy atom. The Hall–Kier alpha value is -3.06. The number of nitro benzene ring substituents is 1. The van der Waals surface area contributed by atoms with Crippen molar-refractivity contribution in [3.63, 3.8) is 0 Å². The van der Waals surface area contributed by atoms with Crippen molar-refractivity contribution in [2.75, 3.05) is 7.05 Å². The van der Waals surface area contributed by atoms with Crippen LogP contribution in [0, 0.1) is 10.1 Å². The molecule has 3 aromatic rings. The first-order valence-corrected chi connectivity index (χ1v) is 8.33. The lowest BCUT2D eigenvalue weighted by molar-refractivity contribution is -0.385. The number of hydrogen-bond donors (Lipinski definition) is 1. The summed E-state index contributed by atoms with van der Waals surface area (Å²) in [5.41, 5.74) is 1.37. The van der Waals surface area contributed by atoms with E-state index in [1.807, 2.05) is 44.0 Å². The first-order valence-electron chi connectivity index (χ1n) is 8.33. The summed E-state index contributed by atoms with van der Waals surface area (Å²) >= 11 is 0. The highest BCUT2D eigenvalue weighted by Crippen LogP contribution is 2.28. The summed E-state index contributed by atoms with van der Waals surface area (Å²) in [5, 5.41) is 11.6. The molecule has 2 aromatic carbocycles. The molecule has 3 rings (SSSR count). The van der Waals surface area contributed by atoms with E-state index in [1.165, 1.54) is 6.07 Å². The van der Waals surface area contributed by atoms with Gasteiger partial charge in [-0.2, -0.15) is 0 Å². The summed E-state index contributed by atoms with van der Waals surface area (Å²) in [6.07, 6.45) is 0. The van der Waals surface area contributed by atoms with Crippen molar-refractivity contribution < 1.29 is 4.92 Å². The lowest BCUT2D eigenvalue weighted by atomic mass is 10.0. The molecular weight excluding hydrogens is 332 g/mol. The van der Waals surface area contributed by atoms with Crippen molar-refractivity contribution in [2.24, 2.45) is 0 Å². The molecule has 7 heteroatoms. The third-order valence-electron chi connectivity index (χ3n) is 4.81. The van der Waals surface area contributed by atoms with Crippen molar-refractivity contribution >= 4 is 16.6 Å². The van der Waals surface area contributed by atoms with Crippen LogP contribution < -0.4 is 5.56 Å². The molecule has 0 bridgehead atoms. The second kappa shape index (κ2) is 7.05. The van der Waals surface area contributed by atoms with Gasteiger partial charge in [0.15, 0.2) is 0 Å². The van der Waals surface area contributed by atoms with Gasteiger partial charge in [-0.1, -0.05) is 24.3 Å². The van der Waals surface area contributed by atoms with Crippen molar-refractivity contribution in [3.05, 3.63) is 80.4 Å². The van der Waals surface area contributed by atoms with Crippen LogP contribution in [0.1, 0.15) is 37.3 Å². The fourth-order valence-corrected chi connectivity index (χ4v) is 2.96. The smallest absolute Gasteiger partial charge is 0.269 e. The van der Waals surface area contributed by atoms with Gasteiger partial charge in [-0.05, 0) is 38.6 Å². The fraction of sp³-hybridized carbons (Fsp3) is 0.263. The molecule has 0 saturated heterocycles. The van der Waals surface area contributed by atoms with Gasteiger partial charge in [0, 0.05) is 18.2 Å². The normalized spacial score (nSPS) is 13.7. The third kappa shape index (κ3) is 3.34. The summed E-state index contributed by atoms with van der Waals surface area (Å²) in [5.74, 6) is 0.563.